The highest BCUT2D eigenvalue weighted by Crippen LogP contribution is 2.37. The molecule has 0 saturated carbocycles. The molecule has 1 atom stereocenters. The number of ether oxygens (including phenoxy) is 3. The minimum atomic E-state index is -0.798. The van der Waals surface area contributed by atoms with Crippen molar-refractivity contribution >= 4 is 17.7 Å². The lowest BCUT2D eigenvalue weighted by Crippen LogP contribution is -2.45. The lowest BCUT2D eigenvalue weighted by molar-refractivity contribution is -0.138. The van der Waals surface area contributed by atoms with E-state index in [4.69, 9.17) is 14.2 Å². The molecule has 0 aromatic heterocycles. The van der Waals surface area contributed by atoms with Gasteiger partial charge in [-0.15, -0.1) is 0 Å². The molecular weight excluding hydrogens is 463 g/mol. The van der Waals surface area contributed by atoms with Crippen molar-refractivity contribution in [3.8, 4) is 11.5 Å². The van der Waals surface area contributed by atoms with Crippen molar-refractivity contribution in [2.45, 2.75) is 26.5 Å². The molecule has 8 heteroatoms. The lowest BCUT2D eigenvalue weighted by atomic mass is 9.92. The van der Waals surface area contributed by atoms with Crippen LogP contribution in [0, 0.1) is 5.82 Å². The molecule has 3 aromatic rings. The fourth-order valence-corrected chi connectivity index (χ4v) is 3.94. The van der Waals surface area contributed by atoms with Crippen LogP contribution in [-0.2, 0) is 16.1 Å². The molecule has 0 radical (unpaired) electrons. The number of benzene rings is 3. The third kappa shape index (κ3) is 5.49. The molecule has 186 valence electrons. The Labute approximate surface area is 208 Å². The quantitative estimate of drug-likeness (QED) is 0.406. The monoisotopic (exact) mass is 490 g/mol. The Kier molecular flexibility index (Phi) is 7.85. The highest BCUT2D eigenvalue weighted by molar-refractivity contribution is 6.04. The summed E-state index contributed by atoms with van der Waals surface area (Å²) < 4.78 is 31.0. The minimum absolute atomic E-state index is 0.0162. The van der Waals surface area contributed by atoms with Gasteiger partial charge in [0.05, 0.1) is 30.5 Å². The van der Waals surface area contributed by atoms with Crippen molar-refractivity contribution in [3.05, 3.63) is 101 Å². The van der Waals surface area contributed by atoms with Gasteiger partial charge in [-0.05, 0) is 43.2 Å². The molecule has 3 aromatic carbocycles. The number of nitrogens with one attached hydrogen (secondary N) is 2. The van der Waals surface area contributed by atoms with E-state index in [-0.39, 0.29) is 24.6 Å². The van der Waals surface area contributed by atoms with Gasteiger partial charge in [-0.2, -0.15) is 0 Å². The highest BCUT2D eigenvalue weighted by atomic mass is 19.1. The fourth-order valence-electron chi connectivity index (χ4n) is 3.94. The molecule has 0 fully saturated rings. The number of esters is 1. The van der Waals surface area contributed by atoms with Crippen LogP contribution in [0.1, 0.15) is 36.6 Å². The number of amides is 2. The van der Waals surface area contributed by atoms with Crippen LogP contribution in [0.25, 0.3) is 5.70 Å². The molecule has 0 spiro atoms. The van der Waals surface area contributed by atoms with Crippen molar-refractivity contribution in [3.63, 3.8) is 0 Å². The van der Waals surface area contributed by atoms with E-state index >= 15 is 0 Å². The van der Waals surface area contributed by atoms with Crippen LogP contribution in [0.3, 0.4) is 0 Å². The maximum Gasteiger partial charge on any atom is 0.338 e. The Balaban J connectivity index is 1.73. The molecule has 2 amide bonds. The number of carbonyl (C=O) groups is 2. The molecule has 0 saturated heterocycles. The van der Waals surface area contributed by atoms with Gasteiger partial charge in [-0.3, -0.25) is 0 Å². The topological polar surface area (TPSA) is 85.9 Å². The molecular formula is C28H27FN2O5. The summed E-state index contributed by atoms with van der Waals surface area (Å²) in [5.41, 5.74) is 2.33. The van der Waals surface area contributed by atoms with Crippen molar-refractivity contribution in [1.82, 2.24) is 10.6 Å². The molecule has 1 aliphatic heterocycles. The molecule has 2 N–H and O–H groups in total. The van der Waals surface area contributed by atoms with E-state index in [0.717, 1.165) is 0 Å². The van der Waals surface area contributed by atoms with Crippen LogP contribution >= 0.6 is 0 Å². The van der Waals surface area contributed by atoms with Gasteiger partial charge in [0.2, 0.25) is 0 Å². The van der Waals surface area contributed by atoms with E-state index in [1.165, 1.54) is 6.07 Å². The van der Waals surface area contributed by atoms with E-state index in [9.17, 15) is 14.0 Å². The smallest absolute Gasteiger partial charge is 0.338 e. The van der Waals surface area contributed by atoms with Gasteiger partial charge < -0.3 is 24.8 Å². The zero-order valence-corrected chi connectivity index (χ0v) is 20.0. The summed E-state index contributed by atoms with van der Waals surface area (Å²) in [5, 5.41) is 5.58. The van der Waals surface area contributed by atoms with E-state index in [1.807, 2.05) is 37.3 Å². The van der Waals surface area contributed by atoms with Crippen molar-refractivity contribution in [2.75, 3.05) is 13.2 Å². The maximum absolute atomic E-state index is 14.0. The zero-order chi connectivity index (χ0) is 25.5. The second kappa shape index (κ2) is 11.4. The summed E-state index contributed by atoms with van der Waals surface area (Å²) in [4.78, 5) is 25.7. The zero-order valence-electron chi connectivity index (χ0n) is 20.0. The summed E-state index contributed by atoms with van der Waals surface area (Å²) in [7, 11) is 0. The largest absolute Gasteiger partial charge is 0.490 e. The first-order chi connectivity index (χ1) is 17.5. The Hall–Kier alpha value is -4.33. The van der Waals surface area contributed by atoms with Gasteiger partial charge in [0.15, 0.2) is 11.5 Å². The molecule has 0 bridgehead atoms. The van der Waals surface area contributed by atoms with Crippen molar-refractivity contribution in [1.29, 1.82) is 0 Å². The van der Waals surface area contributed by atoms with Crippen LogP contribution < -0.4 is 20.1 Å². The molecule has 36 heavy (non-hydrogen) atoms. The minimum Gasteiger partial charge on any atom is -0.490 e. The van der Waals surface area contributed by atoms with Crippen LogP contribution in [0.4, 0.5) is 9.18 Å². The Morgan fingerprint density at radius 1 is 0.917 bits per heavy atom. The number of hydrogen-bond acceptors (Lipinski definition) is 5. The molecule has 1 heterocycles. The number of hydrogen-bond donors (Lipinski definition) is 2. The first-order valence-corrected chi connectivity index (χ1v) is 11.7. The molecule has 0 aliphatic carbocycles. The van der Waals surface area contributed by atoms with Crippen LogP contribution in [0.15, 0.2) is 78.4 Å². The summed E-state index contributed by atoms with van der Waals surface area (Å²) >= 11 is 0. The second-order valence-corrected chi connectivity index (χ2v) is 7.93. The molecule has 7 nitrogen and oxygen atoms in total. The van der Waals surface area contributed by atoms with E-state index < -0.39 is 18.0 Å². The van der Waals surface area contributed by atoms with Gasteiger partial charge in [0, 0.05) is 5.56 Å². The van der Waals surface area contributed by atoms with Crippen LogP contribution in [0.2, 0.25) is 0 Å². The van der Waals surface area contributed by atoms with Gasteiger partial charge in [-0.1, -0.05) is 54.6 Å². The average molecular weight is 491 g/mol. The molecule has 0 unspecified atom stereocenters. The van der Waals surface area contributed by atoms with Crippen LogP contribution in [0.5, 0.6) is 11.5 Å². The number of carbonyl (C=O) groups excluding carboxylic acids is 2. The predicted octanol–water partition coefficient (Wildman–Crippen LogP) is 5.13. The third-order valence-corrected chi connectivity index (χ3v) is 5.57. The fraction of sp³-hybridized carbons (Fsp3) is 0.214. The molecule has 4 rings (SSSR count). The normalized spacial score (nSPS) is 15.1. The van der Waals surface area contributed by atoms with E-state index in [0.29, 0.717) is 40.5 Å². The maximum atomic E-state index is 14.0. The van der Waals surface area contributed by atoms with Gasteiger partial charge >= 0.3 is 12.0 Å². The Morgan fingerprint density at radius 3 is 2.39 bits per heavy atom. The lowest BCUT2D eigenvalue weighted by Gasteiger charge is -2.30. The third-order valence-electron chi connectivity index (χ3n) is 5.57. The average Bonchev–Trinajstić information content (AvgIpc) is 2.89. The first-order valence-electron chi connectivity index (χ1n) is 11.7. The summed E-state index contributed by atoms with van der Waals surface area (Å²) in [5.74, 6) is -0.0912. The SMILES string of the molecule is CCOC(=O)C1=C(c2ccccc2)NC(=O)N[C@H]1c1ccc(OCc2ccccc2F)c(OCC)c1. The van der Waals surface area contributed by atoms with E-state index in [2.05, 4.69) is 10.6 Å². The van der Waals surface area contributed by atoms with Crippen LogP contribution in [-0.4, -0.2) is 25.2 Å². The first kappa shape index (κ1) is 24.8. The van der Waals surface area contributed by atoms with E-state index in [1.54, 1.807) is 43.3 Å². The summed E-state index contributed by atoms with van der Waals surface area (Å²) in [6, 6.07) is 19.4. The molecule has 1 aliphatic rings. The summed E-state index contributed by atoms with van der Waals surface area (Å²) in [6.07, 6.45) is 0. The Bertz CT molecular complexity index is 1280. The van der Waals surface area contributed by atoms with Gasteiger partial charge in [0.25, 0.3) is 0 Å². The number of rotatable bonds is 9. The standard InChI is InChI=1S/C28H27FN2O5/c1-3-34-23-16-19(14-15-22(23)36-17-20-12-8-9-13-21(20)29)26-24(27(32)35-4-2)25(30-28(33)31-26)18-10-6-5-7-11-18/h5-16,26H,3-4,17H2,1-2H3,(H2,30,31,33)/t26-/m0/s1. The second-order valence-electron chi connectivity index (χ2n) is 7.93. The van der Waals surface area contributed by atoms with Crippen molar-refractivity contribution < 1.29 is 28.2 Å². The van der Waals surface area contributed by atoms with Gasteiger partial charge in [-0.25, -0.2) is 14.0 Å². The van der Waals surface area contributed by atoms with Gasteiger partial charge in [0.1, 0.15) is 12.4 Å². The Morgan fingerprint density at radius 2 is 1.67 bits per heavy atom. The van der Waals surface area contributed by atoms with Crippen molar-refractivity contribution in [2.24, 2.45) is 0 Å². The number of urea groups is 1. The predicted molar refractivity (Wildman–Crippen MR) is 133 cm³/mol. The number of halogens is 1. The summed E-state index contributed by atoms with van der Waals surface area (Å²) in [6.45, 7) is 4.10. The highest BCUT2D eigenvalue weighted by Gasteiger charge is 2.34.